The Morgan fingerprint density at radius 1 is 1.05 bits per heavy atom. The van der Waals surface area contributed by atoms with E-state index in [0.717, 1.165) is 21.7 Å². The molecule has 0 amide bonds. The largest absolute Gasteiger partial charge is 0.324 e. The van der Waals surface area contributed by atoms with Crippen molar-refractivity contribution in [3.05, 3.63) is 54.1 Å². The minimum absolute atomic E-state index is 0.660. The minimum Gasteiger partial charge on any atom is -0.324 e. The van der Waals surface area contributed by atoms with Gasteiger partial charge in [0.2, 0.25) is 0 Å². The van der Waals surface area contributed by atoms with Crippen LogP contribution >= 0.6 is 18.5 Å². The Balaban J connectivity index is 1.92. The first-order valence-electron chi connectivity index (χ1n) is 6.50. The molecule has 0 fully saturated rings. The first-order valence-corrected chi connectivity index (χ1v) is 10.1. The molecule has 0 spiro atoms. The van der Waals surface area contributed by atoms with Gasteiger partial charge in [0, 0.05) is 11.7 Å². The van der Waals surface area contributed by atoms with Gasteiger partial charge in [0.1, 0.15) is 5.01 Å². The van der Waals surface area contributed by atoms with Crippen molar-refractivity contribution in [3.8, 4) is 10.6 Å². The standard InChI is InChI=1S/C16H16NOPS/c1-19(2,18)11-12-7-9-13(10-8-12)16-17-14-5-3-4-6-15(14)20-16/h3-10H,11H2,1-2H3. The Morgan fingerprint density at radius 3 is 2.40 bits per heavy atom. The zero-order valence-electron chi connectivity index (χ0n) is 11.5. The second-order valence-electron chi connectivity index (χ2n) is 5.42. The molecule has 2 aromatic carbocycles. The lowest BCUT2D eigenvalue weighted by atomic mass is 10.2. The van der Waals surface area contributed by atoms with Gasteiger partial charge in [0.05, 0.1) is 17.4 Å². The third kappa shape index (κ3) is 3.00. The number of nitrogens with zero attached hydrogens (tertiary/aromatic N) is 1. The number of aromatic nitrogens is 1. The highest BCUT2D eigenvalue weighted by Gasteiger charge is 2.09. The maximum absolute atomic E-state index is 11.8. The summed E-state index contributed by atoms with van der Waals surface area (Å²) in [6, 6.07) is 16.4. The van der Waals surface area contributed by atoms with Gasteiger partial charge in [-0.25, -0.2) is 4.98 Å². The van der Waals surface area contributed by atoms with Crippen molar-refractivity contribution in [3.63, 3.8) is 0 Å². The molecule has 0 aliphatic carbocycles. The van der Waals surface area contributed by atoms with Crippen molar-refractivity contribution < 1.29 is 4.57 Å². The number of rotatable bonds is 3. The fraction of sp³-hybridized carbons (Fsp3) is 0.188. The van der Waals surface area contributed by atoms with Crippen LogP contribution in [0.3, 0.4) is 0 Å². The Labute approximate surface area is 122 Å². The van der Waals surface area contributed by atoms with Crippen LogP contribution < -0.4 is 0 Å². The smallest absolute Gasteiger partial charge is 0.124 e. The Kier molecular flexibility index (Phi) is 3.49. The molecule has 0 bridgehead atoms. The van der Waals surface area contributed by atoms with Gasteiger partial charge in [-0.3, -0.25) is 0 Å². The SMILES string of the molecule is CP(C)(=O)Cc1ccc(-c2nc3ccccc3s2)cc1. The summed E-state index contributed by atoms with van der Waals surface area (Å²) < 4.78 is 13.1. The lowest BCUT2D eigenvalue weighted by Gasteiger charge is -2.06. The summed E-state index contributed by atoms with van der Waals surface area (Å²) >= 11 is 1.70. The van der Waals surface area contributed by atoms with Crippen LogP contribution in [-0.2, 0) is 10.7 Å². The molecule has 0 saturated carbocycles. The summed E-state index contributed by atoms with van der Waals surface area (Å²) in [4.78, 5) is 4.65. The molecule has 1 aromatic heterocycles. The van der Waals surface area contributed by atoms with Crippen LogP contribution in [0.5, 0.6) is 0 Å². The number of thiazole rings is 1. The van der Waals surface area contributed by atoms with Gasteiger partial charge in [-0.2, -0.15) is 0 Å². The quantitative estimate of drug-likeness (QED) is 0.631. The molecule has 0 unspecified atom stereocenters. The number of hydrogen-bond acceptors (Lipinski definition) is 3. The molecule has 0 atom stereocenters. The van der Waals surface area contributed by atoms with Crippen molar-refractivity contribution in [1.82, 2.24) is 4.98 Å². The molecule has 20 heavy (non-hydrogen) atoms. The average molecular weight is 301 g/mol. The zero-order chi connectivity index (χ0) is 14.2. The van der Waals surface area contributed by atoms with Crippen LogP contribution in [-0.4, -0.2) is 18.3 Å². The Morgan fingerprint density at radius 2 is 1.75 bits per heavy atom. The number of para-hydroxylation sites is 1. The van der Waals surface area contributed by atoms with Crippen LogP contribution in [0, 0.1) is 0 Å². The second-order valence-corrected chi connectivity index (χ2v) is 9.91. The monoisotopic (exact) mass is 301 g/mol. The molecule has 0 saturated heterocycles. The van der Waals surface area contributed by atoms with Gasteiger partial charge in [-0.15, -0.1) is 11.3 Å². The third-order valence-corrected chi connectivity index (χ3v) is 5.27. The average Bonchev–Trinajstić information content (AvgIpc) is 2.81. The fourth-order valence-electron chi connectivity index (χ4n) is 2.19. The molecule has 0 aliphatic heterocycles. The summed E-state index contributed by atoms with van der Waals surface area (Å²) in [5, 5.41) is 1.04. The first kappa shape index (κ1) is 13.5. The number of benzene rings is 2. The van der Waals surface area contributed by atoms with Gasteiger partial charge in [0.25, 0.3) is 0 Å². The van der Waals surface area contributed by atoms with E-state index in [1.165, 1.54) is 4.70 Å². The van der Waals surface area contributed by atoms with Crippen molar-refractivity contribution in [1.29, 1.82) is 0 Å². The van der Waals surface area contributed by atoms with Crippen LogP contribution in [0.4, 0.5) is 0 Å². The van der Waals surface area contributed by atoms with E-state index in [-0.39, 0.29) is 0 Å². The predicted molar refractivity (Wildman–Crippen MR) is 88.2 cm³/mol. The van der Waals surface area contributed by atoms with E-state index in [0.29, 0.717) is 6.16 Å². The van der Waals surface area contributed by atoms with Gasteiger partial charge < -0.3 is 4.57 Å². The molecular formula is C16H16NOPS. The maximum atomic E-state index is 11.8. The van der Waals surface area contributed by atoms with E-state index in [1.807, 2.05) is 31.5 Å². The lowest BCUT2D eigenvalue weighted by molar-refractivity contribution is 0.582. The molecule has 3 aromatic rings. The van der Waals surface area contributed by atoms with Crippen molar-refractivity contribution in [2.24, 2.45) is 0 Å². The molecular weight excluding hydrogens is 285 g/mol. The summed E-state index contributed by atoms with van der Waals surface area (Å²) in [7, 11) is -2.01. The van der Waals surface area contributed by atoms with E-state index in [1.54, 1.807) is 11.3 Å². The lowest BCUT2D eigenvalue weighted by Crippen LogP contribution is -1.86. The van der Waals surface area contributed by atoms with Gasteiger partial charge >= 0.3 is 0 Å². The number of fused-ring (bicyclic) bond motifs is 1. The molecule has 3 rings (SSSR count). The Hall–Kier alpha value is -1.44. The van der Waals surface area contributed by atoms with E-state index >= 15 is 0 Å². The van der Waals surface area contributed by atoms with Gasteiger partial charge in [-0.1, -0.05) is 36.4 Å². The van der Waals surface area contributed by atoms with Gasteiger partial charge in [0.15, 0.2) is 0 Å². The number of hydrogen-bond donors (Lipinski definition) is 0. The zero-order valence-corrected chi connectivity index (χ0v) is 13.2. The van der Waals surface area contributed by atoms with Crippen LogP contribution in [0.1, 0.15) is 5.56 Å². The third-order valence-electron chi connectivity index (χ3n) is 3.06. The minimum atomic E-state index is -2.01. The molecule has 2 nitrogen and oxygen atoms in total. The van der Waals surface area contributed by atoms with Crippen molar-refractivity contribution in [2.45, 2.75) is 6.16 Å². The second kappa shape index (κ2) is 5.16. The molecule has 102 valence electrons. The summed E-state index contributed by atoms with van der Waals surface area (Å²) in [5.74, 6) is 0. The molecule has 0 radical (unpaired) electrons. The highest BCUT2D eigenvalue weighted by molar-refractivity contribution is 7.61. The highest BCUT2D eigenvalue weighted by Crippen LogP contribution is 2.40. The first-order chi connectivity index (χ1) is 9.51. The van der Waals surface area contributed by atoms with E-state index in [9.17, 15) is 4.57 Å². The predicted octanol–water partition coefficient (Wildman–Crippen LogP) is 5.09. The van der Waals surface area contributed by atoms with Crippen LogP contribution in [0.25, 0.3) is 20.8 Å². The van der Waals surface area contributed by atoms with E-state index in [4.69, 9.17) is 0 Å². The Bertz CT molecular complexity index is 753. The summed E-state index contributed by atoms with van der Waals surface area (Å²) in [6.45, 7) is 3.66. The van der Waals surface area contributed by atoms with Crippen molar-refractivity contribution >= 4 is 28.7 Å². The van der Waals surface area contributed by atoms with Crippen LogP contribution in [0.15, 0.2) is 48.5 Å². The molecule has 0 aliphatic rings. The van der Waals surface area contributed by atoms with Crippen molar-refractivity contribution in [2.75, 3.05) is 13.3 Å². The molecule has 4 heteroatoms. The molecule has 1 heterocycles. The van der Waals surface area contributed by atoms with E-state index in [2.05, 4.69) is 35.3 Å². The van der Waals surface area contributed by atoms with Gasteiger partial charge in [-0.05, 0) is 31.0 Å². The summed E-state index contributed by atoms with van der Waals surface area (Å²) in [5.41, 5.74) is 3.29. The topological polar surface area (TPSA) is 30.0 Å². The van der Waals surface area contributed by atoms with E-state index < -0.39 is 7.14 Å². The fourth-order valence-corrected chi connectivity index (χ4v) is 4.25. The summed E-state index contributed by atoms with van der Waals surface area (Å²) in [6.07, 6.45) is 0.660. The highest BCUT2D eigenvalue weighted by atomic mass is 32.1. The molecule has 0 N–H and O–H groups in total. The normalized spacial score (nSPS) is 11.9. The maximum Gasteiger partial charge on any atom is 0.124 e. The van der Waals surface area contributed by atoms with Crippen LogP contribution in [0.2, 0.25) is 0 Å².